The summed E-state index contributed by atoms with van der Waals surface area (Å²) in [5.41, 5.74) is 1.20. The van der Waals surface area contributed by atoms with Gasteiger partial charge in [-0.25, -0.2) is 0 Å². The molecule has 0 aromatic carbocycles. The highest BCUT2D eigenvalue weighted by Crippen LogP contribution is 1.94. The topological polar surface area (TPSA) is 24.5 Å². The molecule has 1 heterocycles. The molecule has 1 saturated heterocycles. The molecule has 0 aromatic heterocycles. The van der Waals surface area contributed by atoms with Gasteiger partial charge >= 0.3 is 0 Å². The zero-order valence-corrected chi connectivity index (χ0v) is 8.51. The molecule has 1 aliphatic rings. The van der Waals surface area contributed by atoms with E-state index >= 15 is 0 Å². The summed E-state index contributed by atoms with van der Waals surface area (Å²) in [4.78, 5) is 2.43. The number of nitrogens with one attached hydrogen (secondary N) is 1. The van der Waals surface area contributed by atoms with Gasteiger partial charge in [0.05, 0.1) is 13.2 Å². The van der Waals surface area contributed by atoms with Crippen LogP contribution in [0.4, 0.5) is 0 Å². The Balaban J connectivity index is 1.95. The largest absolute Gasteiger partial charge is 0.379 e. The van der Waals surface area contributed by atoms with Gasteiger partial charge in [0.15, 0.2) is 0 Å². The number of hydrogen-bond acceptors (Lipinski definition) is 3. The third-order valence-electron chi connectivity index (χ3n) is 2.14. The average molecular weight is 184 g/mol. The highest BCUT2D eigenvalue weighted by atomic mass is 16.5. The Bertz CT molecular complexity index is 153. The molecule has 1 aliphatic heterocycles. The predicted molar refractivity (Wildman–Crippen MR) is 54.9 cm³/mol. The molecule has 3 heteroatoms. The van der Waals surface area contributed by atoms with Crippen molar-refractivity contribution in [3.8, 4) is 0 Å². The van der Waals surface area contributed by atoms with Crippen molar-refractivity contribution in [1.29, 1.82) is 0 Å². The first-order chi connectivity index (χ1) is 6.29. The van der Waals surface area contributed by atoms with Crippen LogP contribution in [0.1, 0.15) is 6.92 Å². The van der Waals surface area contributed by atoms with Crippen LogP contribution in [0.3, 0.4) is 0 Å². The number of nitrogens with zero attached hydrogens (tertiary/aromatic N) is 1. The lowest BCUT2D eigenvalue weighted by atomic mass is 10.3. The molecule has 0 atom stereocenters. The number of rotatable bonds is 5. The van der Waals surface area contributed by atoms with Crippen LogP contribution >= 0.6 is 0 Å². The number of ether oxygens (including phenoxy) is 1. The van der Waals surface area contributed by atoms with Crippen LogP contribution < -0.4 is 5.32 Å². The molecule has 76 valence electrons. The van der Waals surface area contributed by atoms with Crippen LogP contribution in [-0.4, -0.2) is 50.8 Å². The van der Waals surface area contributed by atoms with Crippen molar-refractivity contribution in [1.82, 2.24) is 10.2 Å². The van der Waals surface area contributed by atoms with E-state index in [2.05, 4.69) is 16.8 Å². The fourth-order valence-corrected chi connectivity index (χ4v) is 1.36. The van der Waals surface area contributed by atoms with E-state index in [1.165, 1.54) is 5.57 Å². The minimum absolute atomic E-state index is 0.889. The lowest BCUT2D eigenvalue weighted by Gasteiger charge is -2.26. The van der Waals surface area contributed by atoms with Crippen molar-refractivity contribution in [3.05, 3.63) is 12.2 Å². The van der Waals surface area contributed by atoms with Crippen LogP contribution in [0.25, 0.3) is 0 Å². The second kappa shape index (κ2) is 6.13. The molecule has 0 unspecified atom stereocenters. The van der Waals surface area contributed by atoms with Gasteiger partial charge in [0, 0.05) is 32.7 Å². The molecule has 1 N–H and O–H groups in total. The Labute approximate surface area is 80.8 Å². The lowest BCUT2D eigenvalue weighted by Crippen LogP contribution is -2.40. The first-order valence-electron chi connectivity index (χ1n) is 4.94. The Morgan fingerprint density at radius 1 is 1.46 bits per heavy atom. The van der Waals surface area contributed by atoms with E-state index in [1.54, 1.807) is 0 Å². The Kier molecular flexibility index (Phi) is 5.05. The molecule has 3 nitrogen and oxygen atoms in total. The van der Waals surface area contributed by atoms with Crippen molar-refractivity contribution in [2.75, 3.05) is 45.9 Å². The quantitative estimate of drug-likeness (QED) is 0.497. The van der Waals surface area contributed by atoms with E-state index in [0.29, 0.717) is 0 Å². The zero-order chi connectivity index (χ0) is 9.52. The van der Waals surface area contributed by atoms with Gasteiger partial charge in [-0.15, -0.1) is 0 Å². The normalized spacial score (nSPS) is 18.8. The van der Waals surface area contributed by atoms with Crippen LogP contribution in [0.15, 0.2) is 12.2 Å². The summed E-state index contributed by atoms with van der Waals surface area (Å²) in [5.74, 6) is 0. The number of hydrogen-bond donors (Lipinski definition) is 1. The van der Waals surface area contributed by atoms with E-state index in [0.717, 1.165) is 45.9 Å². The first-order valence-corrected chi connectivity index (χ1v) is 4.94. The van der Waals surface area contributed by atoms with E-state index < -0.39 is 0 Å². The van der Waals surface area contributed by atoms with Crippen LogP contribution in [0, 0.1) is 0 Å². The molecule has 1 fully saturated rings. The molecule has 0 aromatic rings. The monoisotopic (exact) mass is 184 g/mol. The minimum Gasteiger partial charge on any atom is -0.379 e. The number of morpholine rings is 1. The minimum atomic E-state index is 0.889. The Morgan fingerprint density at radius 3 is 2.77 bits per heavy atom. The SMILES string of the molecule is C=C(C)CNCCN1CCOCC1. The lowest BCUT2D eigenvalue weighted by molar-refractivity contribution is 0.0385. The van der Waals surface area contributed by atoms with Gasteiger partial charge in [-0.05, 0) is 6.92 Å². The Hall–Kier alpha value is -0.380. The fraction of sp³-hybridized carbons (Fsp3) is 0.800. The van der Waals surface area contributed by atoms with Crippen molar-refractivity contribution in [2.45, 2.75) is 6.92 Å². The molecule has 0 bridgehead atoms. The molecule has 0 amide bonds. The summed E-state index contributed by atoms with van der Waals surface area (Å²) < 4.78 is 5.27. The van der Waals surface area contributed by atoms with Gasteiger partial charge in [-0.1, -0.05) is 12.2 Å². The van der Waals surface area contributed by atoms with Crippen molar-refractivity contribution >= 4 is 0 Å². The summed E-state index contributed by atoms with van der Waals surface area (Å²) >= 11 is 0. The maximum absolute atomic E-state index is 5.27. The first kappa shape index (κ1) is 10.7. The van der Waals surface area contributed by atoms with Gasteiger partial charge in [0.25, 0.3) is 0 Å². The van der Waals surface area contributed by atoms with E-state index in [4.69, 9.17) is 4.74 Å². The maximum atomic E-state index is 5.27. The molecule has 0 radical (unpaired) electrons. The van der Waals surface area contributed by atoms with Crippen LogP contribution in [-0.2, 0) is 4.74 Å². The van der Waals surface area contributed by atoms with E-state index in [1.807, 2.05) is 6.92 Å². The molecular formula is C10H20N2O. The Morgan fingerprint density at radius 2 is 2.15 bits per heavy atom. The van der Waals surface area contributed by atoms with Crippen LogP contribution in [0.5, 0.6) is 0 Å². The summed E-state index contributed by atoms with van der Waals surface area (Å²) in [7, 11) is 0. The van der Waals surface area contributed by atoms with Crippen molar-refractivity contribution < 1.29 is 4.74 Å². The third kappa shape index (κ3) is 5.03. The molecule has 1 rings (SSSR count). The average Bonchev–Trinajstić information content (AvgIpc) is 2.14. The molecule has 13 heavy (non-hydrogen) atoms. The van der Waals surface area contributed by atoms with Gasteiger partial charge in [-0.3, -0.25) is 4.90 Å². The van der Waals surface area contributed by atoms with Gasteiger partial charge in [-0.2, -0.15) is 0 Å². The van der Waals surface area contributed by atoms with Crippen LogP contribution in [0.2, 0.25) is 0 Å². The van der Waals surface area contributed by atoms with E-state index in [-0.39, 0.29) is 0 Å². The smallest absolute Gasteiger partial charge is 0.0594 e. The molecule has 0 saturated carbocycles. The molecular weight excluding hydrogens is 164 g/mol. The fourth-order valence-electron chi connectivity index (χ4n) is 1.36. The van der Waals surface area contributed by atoms with Gasteiger partial charge in [0.1, 0.15) is 0 Å². The predicted octanol–water partition coefficient (Wildman–Crippen LogP) is 0.484. The second-order valence-electron chi connectivity index (χ2n) is 3.59. The molecule has 0 spiro atoms. The second-order valence-corrected chi connectivity index (χ2v) is 3.59. The maximum Gasteiger partial charge on any atom is 0.0594 e. The summed E-state index contributed by atoms with van der Waals surface area (Å²) in [6.07, 6.45) is 0. The third-order valence-corrected chi connectivity index (χ3v) is 2.14. The highest BCUT2D eigenvalue weighted by molar-refractivity contribution is 4.90. The summed E-state index contributed by atoms with van der Waals surface area (Å²) in [6, 6.07) is 0. The highest BCUT2D eigenvalue weighted by Gasteiger charge is 2.08. The van der Waals surface area contributed by atoms with Gasteiger partial charge in [0.2, 0.25) is 0 Å². The van der Waals surface area contributed by atoms with E-state index in [9.17, 15) is 0 Å². The summed E-state index contributed by atoms with van der Waals surface area (Å²) in [6.45, 7) is 12.9. The summed E-state index contributed by atoms with van der Waals surface area (Å²) in [5, 5.41) is 3.35. The van der Waals surface area contributed by atoms with Crippen molar-refractivity contribution in [2.24, 2.45) is 0 Å². The standard InChI is InChI=1S/C10H20N2O/c1-10(2)9-11-3-4-12-5-7-13-8-6-12/h11H,1,3-9H2,2H3. The zero-order valence-electron chi connectivity index (χ0n) is 8.51. The van der Waals surface area contributed by atoms with Gasteiger partial charge < -0.3 is 10.1 Å². The molecule has 0 aliphatic carbocycles. The van der Waals surface area contributed by atoms with Crippen molar-refractivity contribution in [3.63, 3.8) is 0 Å².